The van der Waals surface area contributed by atoms with Crippen molar-refractivity contribution < 1.29 is 0 Å². The molecule has 1 aliphatic carbocycles. The Balaban J connectivity index is 1.62. The van der Waals surface area contributed by atoms with Crippen molar-refractivity contribution in [3.05, 3.63) is 42.0 Å². The average molecular weight is 243 g/mol. The average Bonchev–Trinajstić information content (AvgIpc) is 2.40. The highest BCUT2D eigenvalue weighted by atomic mass is 14.8. The number of hydrogen-bond acceptors (Lipinski definition) is 1. The van der Waals surface area contributed by atoms with Gasteiger partial charge in [-0.2, -0.15) is 0 Å². The first-order valence-corrected chi connectivity index (χ1v) is 7.27. The minimum absolute atomic E-state index is 0.902. The largest absolute Gasteiger partial charge is 0.313 e. The molecule has 1 aromatic carbocycles. The number of hydrogen-bond donors (Lipinski definition) is 1. The normalized spacial score (nSPS) is 24.5. The second kappa shape index (κ2) is 7.38. The van der Waals surface area contributed by atoms with E-state index in [-0.39, 0.29) is 0 Å². The number of nitrogens with one attached hydrogen (secondary N) is 1. The highest BCUT2D eigenvalue weighted by molar-refractivity contribution is 5.48. The first-order chi connectivity index (χ1) is 8.84. The molecule has 0 aliphatic heterocycles. The van der Waals surface area contributed by atoms with Crippen LogP contribution < -0.4 is 5.32 Å². The highest BCUT2D eigenvalue weighted by Gasteiger charge is 2.17. The molecule has 0 radical (unpaired) electrons. The minimum atomic E-state index is 0.902. The van der Waals surface area contributed by atoms with Crippen molar-refractivity contribution in [2.75, 3.05) is 13.1 Å². The molecule has 2 atom stereocenters. The molecule has 1 nitrogen and oxygen atoms in total. The molecule has 1 saturated carbocycles. The van der Waals surface area contributed by atoms with Crippen LogP contribution in [-0.2, 0) is 0 Å². The van der Waals surface area contributed by atoms with Crippen molar-refractivity contribution in [1.82, 2.24) is 5.32 Å². The van der Waals surface area contributed by atoms with Gasteiger partial charge in [0.25, 0.3) is 0 Å². The lowest BCUT2D eigenvalue weighted by atomic mass is 9.82. The first-order valence-electron chi connectivity index (χ1n) is 7.27. The fourth-order valence-electron chi connectivity index (χ4n) is 2.88. The summed E-state index contributed by atoms with van der Waals surface area (Å²) in [5, 5.41) is 3.56. The van der Waals surface area contributed by atoms with Crippen molar-refractivity contribution in [3.8, 4) is 0 Å². The van der Waals surface area contributed by atoms with Crippen molar-refractivity contribution in [1.29, 1.82) is 0 Å². The second-order valence-corrected chi connectivity index (χ2v) is 5.61. The van der Waals surface area contributed by atoms with Crippen LogP contribution in [0.3, 0.4) is 0 Å². The topological polar surface area (TPSA) is 12.0 Å². The highest BCUT2D eigenvalue weighted by Crippen LogP contribution is 2.27. The summed E-state index contributed by atoms with van der Waals surface area (Å²) in [6.45, 7) is 4.56. The van der Waals surface area contributed by atoms with Crippen LogP contribution in [0, 0.1) is 11.8 Å². The van der Waals surface area contributed by atoms with Crippen LogP contribution in [0.1, 0.15) is 38.2 Å². The van der Waals surface area contributed by atoms with Gasteiger partial charge in [0.05, 0.1) is 0 Å². The molecule has 1 N–H and O–H groups in total. The zero-order valence-electron chi connectivity index (χ0n) is 11.4. The molecule has 2 rings (SSSR count). The molecule has 0 bridgehead atoms. The monoisotopic (exact) mass is 243 g/mol. The molecule has 18 heavy (non-hydrogen) atoms. The van der Waals surface area contributed by atoms with Gasteiger partial charge >= 0.3 is 0 Å². The van der Waals surface area contributed by atoms with Crippen LogP contribution in [0.2, 0.25) is 0 Å². The standard InChI is InChI=1S/C17H25N/c1-15-7-5-10-17(13-15)14-18-12-6-11-16-8-3-2-4-9-16/h2-4,6,8-9,11,15,17-18H,5,7,10,12-14H2,1H3/b11-6+. The minimum Gasteiger partial charge on any atom is -0.313 e. The summed E-state index contributed by atoms with van der Waals surface area (Å²) in [6, 6.07) is 10.5. The Labute approximate surface area is 111 Å². The van der Waals surface area contributed by atoms with E-state index >= 15 is 0 Å². The van der Waals surface area contributed by atoms with Gasteiger partial charge in [0, 0.05) is 6.54 Å². The van der Waals surface area contributed by atoms with E-state index < -0.39 is 0 Å². The molecule has 0 spiro atoms. The third-order valence-corrected chi connectivity index (χ3v) is 3.85. The smallest absolute Gasteiger partial charge is 0.0138 e. The van der Waals surface area contributed by atoms with Crippen LogP contribution >= 0.6 is 0 Å². The fraction of sp³-hybridized carbons (Fsp3) is 0.529. The number of benzene rings is 1. The predicted octanol–water partition coefficient (Wildman–Crippen LogP) is 4.12. The Morgan fingerprint density at radius 1 is 1.22 bits per heavy atom. The van der Waals surface area contributed by atoms with E-state index in [0.717, 1.165) is 18.4 Å². The maximum absolute atomic E-state index is 3.56. The van der Waals surface area contributed by atoms with Gasteiger partial charge in [0.15, 0.2) is 0 Å². The van der Waals surface area contributed by atoms with Crippen molar-refractivity contribution in [2.45, 2.75) is 32.6 Å². The molecule has 1 aliphatic rings. The summed E-state index contributed by atoms with van der Waals surface area (Å²) in [4.78, 5) is 0. The molecule has 0 saturated heterocycles. The van der Waals surface area contributed by atoms with Gasteiger partial charge in [-0.1, -0.05) is 62.2 Å². The molecule has 2 unspecified atom stereocenters. The van der Waals surface area contributed by atoms with Crippen LogP contribution in [0.15, 0.2) is 36.4 Å². The van der Waals surface area contributed by atoms with Crippen molar-refractivity contribution >= 4 is 6.08 Å². The summed E-state index contributed by atoms with van der Waals surface area (Å²) in [5.74, 6) is 1.84. The van der Waals surface area contributed by atoms with Crippen LogP contribution in [0.25, 0.3) is 6.08 Å². The number of rotatable bonds is 5. The van der Waals surface area contributed by atoms with Gasteiger partial charge < -0.3 is 5.32 Å². The van der Waals surface area contributed by atoms with Crippen LogP contribution in [-0.4, -0.2) is 13.1 Å². The molecule has 0 aromatic heterocycles. The van der Waals surface area contributed by atoms with Gasteiger partial charge in [-0.3, -0.25) is 0 Å². The van der Waals surface area contributed by atoms with Gasteiger partial charge in [0.2, 0.25) is 0 Å². The van der Waals surface area contributed by atoms with E-state index in [0.29, 0.717) is 0 Å². The van der Waals surface area contributed by atoms with Crippen molar-refractivity contribution in [3.63, 3.8) is 0 Å². The van der Waals surface area contributed by atoms with Crippen LogP contribution in [0.5, 0.6) is 0 Å². The third-order valence-electron chi connectivity index (χ3n) is 3.85. The summed E-state index contributed by atoms with van der Waals surface area (Å²) < 4.78 is 0. The van der Waals surface area contributed by atoms with Crippen molar-refractivity contribution in [2.24, 2.45) is 11.8 Å². The van der Waals surface area contributed by atoms with Gasteiger partial charge in [-0.05, 0) is 36.8 Å². The summed E-state index contributed by atoms with van der Waals surface area (Å²) in [6.07, 6.45) is 10.1. The van der Waals surface area contributed by atoms with E-state index in [1.165, 1.54) is 37.8 Å². The molecule has 98 valence electrons. The molecule has 1 aromatic rings. The second-order valence-electron chi connectivity index (χ2n) is 5.61. The molecule has 1 fully saturated rings. The fourth-order valence-corrected chi connectivity index (χ4v) is 2.88. The quantitative estimate of drug-likeness (QED) is 0.767. The molecular weight excluding hydrogens is 218 g/mol. The zero-order chi connectivity index (χ0) is 12.6. The molecule has 1 heteroatoms. The molecule has 0 heterocycles. The Kier molecular flexibility index (Phi) is 5.47. The lowest BCUT2D eigenvalue weighted by molar-refractivity contribution is 0.277. The van der Waals surface area contributed by atoms with Crippen LogP contribution in [0.4, 0.5) is 0 Å². The lowest BCUT2D eigenvalue weighted by Crippen LogP contribution is -2.26. The zero-order valence-corrected chi connectivity index (χ0v) is 11.4. The van der Waals surface area contributed by atoms with E-state index in [2.05, 4.69) is 54.7 Å². The van der Waals surface area contributed by atoms with E-state index in [1.807, 2.05) is 0 Å². The summed E-state index contributed by atoms with van der Waals surface area (Å²) >= 11 is 0. The third kappa shape index (κ3) is 4.66. The first kappa shape index (κ1) is 13.4. The Bertz CT molecular complexity index is 355. The van der Waals surface area contributed by atoms with E-state index in [4.69, 9.17) is 0 Å². The Morgan fingerprint density at radius 3 is 2.83 bits per heavy atom. The lowest BCUT2D eigenvalue weighted by Gasteiger charge is -2.26. The van der Waals surface area contributed by atoms with E-state index in [1.54, 1.807) is 0 Å². The van der Waals surface area contributed by atoms with Gasteiger partial charge in [-0.15, -0.1) is 0 Å². The summed E-state index contributed by atoms with van der Waals surface area (Å²) in [7, 11) is 0. The van der Waals surface area contributed by atoms with E-state index in [9.17, 15) is 0 Å². The maximum atomic E-state index is 3.56. The Morgan fingerprint density at radius 2 is 2.06 bits per heavy atom. The maximum Gasteiger partial charge on any atom is 0.0138 e. The SMILES string of the molecule is CC1CCCC(CNC/C=C/c2ccccc2)C1. The predicted molar refractivity (Wildman–Crippen MR) is 79.5 cm³/mol. The molecule has 0 amide bonds. The Hall–Kier alpha value is -1.08. The molecular formula is C17H25N. The summed E-state index contributed by atoms with van der Waals surface area (Å²) in [5.41, 5.74) is 1.28. The van der Waals surface area contributed by atoms with Gasteiger partial charge in [-0.25, -0.2) is 0 Å². The van der Waals surface area contributed by atoms with Gasteiger partial charge in [0.1, 0.15) is 0 Å².